The highest BCUT2D eigenvalue weighted by Crippen LogP contribution is 2.32. The Bertz CT molecular complexity index is 590. The van der Waals surface area contributed by atoms with Gasteiger partial charge in [-0.2, -0.15) is 16.1 Å². The van der Waals surface area contributed by atoms with Gasteiger partial charge in [0.1, 0.15) is 16.4 Å². The molecule has 1 aliphatic heterocycles. The van der Waals surface area contributed by atoms with Gasteiger partial charge in [-0.15, -0.1) is 0 Å². The smallest absolute Gasteiger partial charge is 0.246 e. The Morgan fingerprint density at radius 3 is 2.67 bits per heavy atom. The Balaban J connectivity index is 2.38. The highest BCUT2D eigenvalue weighted by molar-refractivity contribution is 7.99. The molecule has 1 aromatic heterocycles. The van der Waals surface area contributed by atoms with Crippen LogP contribution in [0.25, 0.3) is 0 Å². The highest BCUT2D eigenvalue weighted by Gasteiger charge is 2.35. The second-order valence-corrected chi connectivity index (χ2v) is 8.43. The molecule has 0 aromatic carbocycles. The monoisotopic (exact) mass is 332 g/mol. The normalized spacial score (nSPS) is 19.6. The summed E-state index contributed by atoms with van der Waals surface area (Å²) in [6, 6.07) is 0.0848. The summed E-state index contributed by atoms with van der Waals surface area (Å²) in [5, 5.41) is 3.19. The first-order chi connectivity index (χ1) is 9.89. The van der Waals surface area contributed by atoms with Crippen LogP contribution in [0.4, 0.5) is 0 Å². The molecule has 0 aliphatic carbocycles. The van der Waals surface area contributed by atoms with Gasteiger partial charge in [0.2, 0.25) is 10.0 Å². The van der Waals surface area contributed by atoms with Crippen molar-refractivity contribution in [2.75, 3.05) is 25.1 Å². The van der Waals surface area contributed by atoms with Crippen LogP contribution < -0.4 is 5.32 Å². The second kappa shape index (κ2) is 6.73. The number of nitrogens with one attached hydrogen (secondary N) is 1. The third kappa shape index (κ3) is 3.31. The molecule has 7 heteroatoms. The van der Waals surface area contributed by atoms with E-state index in [9.17, 15) is 8.42 Å². The Morgan fingerprint density at radius 2 is 2.10 bits per heavy atom. The van der Waals surface area contributed by atoms with Crippen LogP contribution in [0.15, 0.2) is 9.31 Å². The number of sulfonamides is 1. The molecule has 1 saturated heterocycles. The van der Waals surface area contributed by atoms with Crippen molar-refractivity contribution >= 4 is 21.8 Å². The van der Waals surface area contributed by atoms with Gasteiger partial charge in [0.05, 0.1) is 0 Å². The van der Waals surface area contributed by atoms with Crippen LogP contribution in [0.2, 0.25) is 0 Å². The summed E-state index contributed by atoms with van der Waals surface area (Å²) in [6.45, 7) is 6.86. The quantitative estimate of drug-likeness (QED) is 0.865. The van der Waals surface area contributed by atoms with Crippen molar-refractivity contribution < 1.29 is 12.8 Å². The van der Waals surface area contributed by atoms with Gasteiger partial charge in [-0.25, -0.2) is 8.42 Å². The van der Waals surface area contributed by atoms with E-state index in [2.05, 4.69) is 5.32 Å². The van der Waals surface area contributed by atoms with Crippen LogP contribution >= 0.6 is 11.8 Å². The Morgan fingerprint density at radius 1 is 1.38 bits per heavy atom. The number of furan rings is 1. The van der Waals surface area contributed by atoms with Crippen LogP contribution in [-0.2, 0) is 16.6 Å². The molecule has 2 rings (SSSR count). The lowest BCUT2D eigenvalue weighted by molar-refractivity contribution is 0.392. The van der Waals surface area contributed by atoms with Crippen LogP contribution in [-0.4, -0.2) is 43.9 Å². The Labute approximate surface area is 131 Å². The van der Waals surface area contributed by atoms with Gasteiger partial charge in [-0.05, 0) is 32.6 Å². The minimum atomic E-state index is -3.51. The van der Waals surface area contributed by atoms with E-state index in [1.54, 1.807) is 14.0 Å². The first-order valence-electron chi connectivity index (χ1n) is 7.25. The van der Waals surface area contributed by atoms with Gasteiger partial charge in [0.15, 0.2) is 0 Å². The van der Waals surface area contributed by atoms with Crippen molar-refractivity contribution in [3.8, 4) is 0 Å². The van der Waals surface area contributed by atoms with Crippen molar-refractivity contribution in [3.63, 3.8) is 0 Å². The zero-order valence-electron chi connectivity index (χ0n) is 13.1. The van der Waals surface area contributed by atoms with E-state index in [4.69, 9.17) is 4.42 Å². The van der Waals surface area contributed by atoms with Gasteiger partial charge in [0, 0.05) is 31.0 Å². The Hall–Kier alpha value is -0.500. The highest BCUT2D eigenvalue weighted by atomic mass is 32.2. The van der Waals surface area contributed by atoms with E-state index >= 15 is 0 Å². The molecule has 1 N–H and O–H groups in total. The lowest BCUT2D eigenvalue weighted by Crippen LogP contribution is -2.37. The van der Waals surface area contributed by atoms with Crippen LogP contribution in [0, 0.1) is 13.8 Å². The maximum atomic E-state index is 13.0. The van der Waals surface area contributed by atoms with Gasteiger partial charge in [0.25, 0.3) is 0 Å². The molecule has 1 atom stereocenters. The maximum absolute atomic E-state index is 13.0. The van der Waals surface area contributed by atoms with Gasteiger partial charge in [-0.1, -0.05) is 6.92 Å². The summed E-state index contributed by atoms with van der Waals surface area (Å²) < 4.78 is 33.1. The summed E-state index contributed by atoms with van der Waals surface area (Å²) in [5.41, 5.74) is 0.756. The van der Waals surface area contributed by atoms with E-state index in [0.717, 1.165) is 30.0 Å². The van der Waals surface area contributed by atoms with E-state index in [1.165, 1.54) is 4.31 Å². The van der Waals surface area contributed by atoms with Crippen molar-refractivity contribution in [3.05, 3.63) is 17.1 Å². The number of thioether (sulfide) groups is 1. The van der Waals surface area contributed by atoms with E-state index in [-0.39, 0.29) is 6.04 Å². The van der Waals surface area contributed by atoms with E-state index in [0.29, 0.717) is 23.0 Å². The molecule has 1 unspecified atom stereocenters. The van der Waals surface area contributed by atoms with Crippen molar-refractivity contribution in [1.82, 2.24) is 9.62 Å². The summed E-state index contributed by atoms with van der Waals surface area (Å²) in [6.07, 6.45) is 0.915. The number of nitrogens with zero attached hydrogens (tertiary/aromatic N) is 1. The summed E-state index contributed by atoms with van der Waals surface area (Å²) in [4.78, 5) is 0.348. The molecule has 0 radical (unpaired) electrons. The van der Waals surface area contributed by atoms with Crippen LogP contribution in [0.1, 0.15) is 30.4 Å². The number of hydrogen-bond acceptors (Lipinski definition) is 5. The van der Waals surface area contributed by atoms with E-state index < -0.39 is 10.0 Å². The molecule has 2 heterocycles. The molecular formula is C14H24N2O3S2. The maximum Gasteiger partial charge on any atom is 0.246 e. The molecule has 0 spiro atoms. The fourth-order valence-electron chi connectivity index (χ4n) is 2.65. The number of aryl methyl sites for hydroxylation is 2. The Kier molecular flexibility index (Phi) is 5.40. The average molecular weight is 332 g/mol. The zero-order chi connectivity index (χ0) is 15.6. The molecule has 1 aromatic rings. The molecule has 21 heavy (non-hydrogen) atoms. The average Bonchev–Trinajstić information content (AvgIpc) is 3.03. The van der Waals surface area contributed by atoms with Gasteiger partial charge in [-0.3, -0.25) is 0 Å². The van der Waals surface area contributed by atoms with Gasteiger partial charge < -0.3 is 9.73 Å². The summed E-state index contributed by atoms with van der Waals surface area (Å²) in [5.74, 6) is 3.06. The molecule has 0 amide bonds. The fraction of sp³-hybridized carbons (Fsp3) is 0.714. The molecule has 1 fully saturated rings. The number of rotatable bonds is 6. The minimum absolute atomic E-state index is 0.0848. The van der Waals surface area contributed by atoms with Crippen LogP contribution in [0.3, 0.4) is 0 Å². The number of hydrogen-bond donors (Lipinski definition) is 1. The lowest BCUT2D eigenvalue weighted by Gasteiger charge is -2.23. The minimum Gasteiger partial charge on any atom is -0.465 e. The molecule has 1 aliphatic rings. The third-order valence-electron chi connectivity index (χ3n) is 3.93. The third-order valence-corrected chi connectivity index (χ3v) is 7.18. The fourth-order valence-corrected chi connectivity index (χ4v) is 5.81. The summed E-state index contributed by atoms with van der Waals surface area (Å²) >= 11 is 1.81. The zero-order valence-corrected chi connectivity index (χ0v) is 14.7. The standard InChI is InChI=1S/C14H24N2O3S2/c1-5-15-8-13-10(2)19-11(3)14(13)21(17,18)16(4)12-6-7-20-9-12/h12,15H,5-9H2,1-4H3. The van der Waals surface area contributed by atoms with Crippen LogP contribution in [0.5, 0.6) is 0 Å². The predicted molar refractivity (Wildman–Crippen MR) is 86.2 cm³/mol. The molecule has 0 saturated carbocycles. The van der Waals surface area contributed by atoms with Crippen molar-refractivity contribution in [2.24, 2.45) is 0 Å². The topological polar surface area (TPSA) is 62.6 Å². The molecule has 0 bridgehead atoms. The molecule has 120 valence electrons. The van der Waals surface area contributed by atoms with Gasteiger partial charge >= 0.3 is 0 Å². The largest absolute Gasteiger partial charge is 0.465 e. The molecule has 5 nitrogen and oxygen atoms in total. The second-order valence-electron chi connectivity index (χ2n) is 5.34. The lowest BCUT2D eigenvalue weighted by atomic mass is 10.2. The summed E-state index contributed by atoms with van der Waals surface area (Å²) in [7, 11) is -1.82. The first kappa shape index (κ1) is 16.9. The molecular weight excluding hydrogens is 308 g/mol. The van der Waals surface area contributed by atoms with Crippen molar-refractivity contribution in [1.29, 1.82) is 0 Å². The van der Waals surface area contributed by atoms with Crippen molar-refractivity contribution in [2.45, 2.75) is 44.7 Å². The predicted octanol–water partition coefficient (Wildman–Crippen LogP) is 2.13. The first-order valence-corrected chi connectivity index (χ1v) is 9.84. The van der Waals surface area contributed by atoms with E-state index in [1.807, 2.05) is 25.6 Å². The SMILES string of the molecule is CCNCc1c(C)oc(C)c1S(=O)(=O)N(C)C1CCSC1.